The van der Waals surface area contributed by atoms with E-state index in [1.807, 2.05) is 0 Å². The lowest BCUT2D eigenvalue weighted by Gasteiger charge is -2.11. The smallest absolute Gasteiger partial charge is 0.271 e. The summed E-state index contributed by atoms with van der Waals surface area (Å²) in [6.07, 6.45) is 0. The molecule has 0 atom stereocenters. The van der Waals surface area contributed by atoms with Crippen molar-refractivity contribution in [1.82, 2.24) is 0 Å². The van der Waals surface area contributed by atoms with Crippen LogP contribution in [-0.2, 0) is 10.0 Å². The highest BCUT2D eigenvalue weighted by atomic mass is 32.2. The van der Waals surface area contributed by atoms with Gasteiger partial charge in [-0.2, -0.15) is 0 Å². The molecule has 2 rings (SSSR count). The van der Waals surface area contributed by atoms with Crippen LogP contribution in [0.2, 0.25) is 0 Å². The zero-order valence-corrected chi connectivity index (χ0v) is 11.6. The molecule has 6 nitrogen and oxygen atoms in total. The number of nitrogens with two attached hydrogens (primary N) is 1. The van der Waals surface area contributed by atoms with Crippen LogP contribution in [0.5, 0.6) is 0 Å². The van der Waals surface area contributed by atoms with Crippen LogP contribution in [0.1, 0.15) is 5.56 Å². The topological polar surface area (TPSA) is 105 Å². The summed E-state index contributed by atoms with van der Waals surface area (Å²) in [5.74, 6) is -1.32. The second kappa shape index (κ2) is 5.47. The van der Waals surface area contributed by atoms with Crippen LogP contribution >= 0.6 is 11.3 Å². The maximum atomic E-state index is 13.7. The van der Waals surface area contributed by atoms with E-state index < -0.39 is 21.7 Å². The minimum Gasteiger partial charge on any atom is -0.409 e. The summed E-state index contributed by atoms with van der Waals surface area (Å²) in [6, 6.07) is 6.71. The summed E-state index contributed by atoms with van der Waals surface area (Å²) in [6.45, 7) is 0. The van der Waals surface area contributed by atoms with E-state index in [0.29, 0.717) is 0 Å². The predicted molar refractivity (Wildman–Crippen MR) is 74.0 cm³/mol. The number of hydrogen-bond donors (Lipinski definition) is 3. The average molecular weight is 315 g/mol. The lowest BCUT2D eigenvalue weighted by molar-refractivity contribution is 0.318. The summed E-state index contributed by atoms with van der Waals surface area (Å²) >= 11 is 1.02. The molecule has 1 aromatic heterocycles. The van der Waals surface area contributed by atoms with Crippen LogP contribution in [0.4, 0.5) is 10.1 Å². The molecule has 2 aromatic rings. The maximum absolute atomic E-state index is 13.7. The van der Waals surface area contributed by atoms with Gasteiger partial charge in [0.1, 0.15) is 10.0 Å². The lowest BCUT2D eigenvalue weighted by Crippen LogP contribution is -2.20. The molecule has 1 aromatic carbocycles. The summed E-state index contributed by atoms with van der Waals surface area (Å²) < 4.78 is 40.1. The van der Waals surface area contributed by atoms with E-state index in [9.17, 15) is 12.8 Å². The molecule has 1 heterocycles. The van der Waals surface area contributed by atoms with Crippen LogP contribution in [0.25, 0.3) is 0 Å². The predicted octanol–water partition coefficient (Wildman–Crippen LogP) is 1.78. The molecular formula is C11H10FN3O3S2. The molecule has 0 radical (unpaired) electrons. The van der Waals surface area contributed by atoms with Gasteiger partial charge in [0, 0.05) is 0 Å². The lowest BCUT2D eigenvalue weighted by atomic mass is 10.1. The van der Waals surface area contributed by atoms with Crippen LogP contribution in [0.3, 0.4) is 0 Å². The number of thiophene rings is 1. The highest BCUT2D eigenvalue weighted by Crippen LogP contribution is 2.24. The average Bonchev–Trinajstić information content (AvgIpc) is 2.92. The van der Waals surface area contributed by atoms with Gasteiger partial charge in [0.15, 0.2) is 5.84 Å². The Morgan fingerprint density at radius 3 is 2.70 bits per heavy atom. The van der Waals surface area contributed by atoms with Crippen molar-refractivity contribution in [2.75, 3.05) is 4.72 Å². The summed E-state index contributed by atoms with van der Waals surface area (Å²) in [7, 11) is -3.84. The molecule has 0 aliphatic carbocycles. The molecule has 4 N–H and O–H groups in total. The highest BCUT2D eigenvalue weighted by Gasteiger charge is 2.20. The Kier molecular flexibility index (Phi) is 3.91. The van der Waals surface area contributed by atoms with Gasteiger partial charge in [-0.1, -0.05) is 17.3 Å². The Bertz CT molecular complexity index is 742. The SMILES string of the molecule is N/C(=N/O)c1c(F)cccc1NS(=O)(=O)c1cccs1. The number of oxime groups is 1. The van der Waals surface area contributed by atoms with Gasteiger partial charge in [0.25, 0.3) is 10.0 Å². The van der Waals surface area contributed by atoms with Crippen molar-refractivity contribution in [2.45, 2.75) is 4.21 Å². The first-order valence-corrected chi connectivity index (χ1v) is 7.64. The Morgan fingerprint density at radius 2 is 2.10 bits per heavy atom. The van der Waals surface area contributed by atoms with E-state index in [1.54, 1.807) is 11.4 Å². The van der Waals surface area contributed by atoms with Crippen LogP contribution in [0.15, 0.2) is 45.1 Å². The zero-order valence-electron chi connectivity index (χ0n) is 9.95. The normalized spacial score (nSPS) is 12.3. The number of anilines is 1. The summed E-state index contributed by atoms with van der Waals surface area (Å²) in [5, 5.41) is 12.9. The molecule has 9 heteroatoms. The molecule has 0 saturated heterocycles. The minimum absolute atomic E-state index is 0.0761. The number of benzene rings is 1. The van der Waals surface area contributed by atoms with Crippen molar-refractivity contribution in [3.05, 3.63) is 47.1 Å². The molecule has 0 spiro atoms. The first-order valence-electron chi connectivity index (χ1n) is 5.28. The number of rotatable bonds is 4. The van der Waals surface area contributed by atoms with Crippen molar-refractivity contribution in [3.63, 3.8) is 0 Å². The Morgan fingerprint density at radius 1 is 1.35 bits per heavy atom. The third kappa shape index (κ3) is 2.73. The van der Waals surface area contributed by atoms with Gasteiger partial charge in [-0.05, 0) is 23.6 Å². The van der Waals surface area contributed by atoms with Gasteiger partial charge in [0.2, 0.25) is 0 Å². The highest BCUT2D eigenvalue weighted by molar-refractivity contribution is 7.94. The molecule has 106 valence electrons. The second-order valence-electron chi connectivity index (χ2n) is 3.69. The van der Waals surface area contributed by atoms with Gasteiger partial charge in [-0.15, -0.1) is 11.3 Å². The van der Waals surface area contributed by atoms with E-state index in [4.69, 9.17) is 10.9 Å². The molecule has 0 saturated carbocycles. The number of hydrogen-bond acceptors (Lipinski definition) is 5. The van der Waals surface area contributed by atoms with Gasteiger partial charge in [0.05, 0.1) is 11.3 Å². The van der Waals surface area contributed by atoms with Crippen molar-refractivity contribution in [2.24, 2.45) is 10.9 Å². The van der Waals surface area contributed by atoms with E-state index in [-0.39, 0.29) is 15.5 Å². The van der Waals surface area contributed by atoms with Crippen LogP contribution < -0.4 is 10.5 Å². The van der Waals surface area contributed by atoms with Gasteiger partial charge >= 0.3 is 0 Å². The standard InChI is InChI=1S/C11H10FN3O3S2/c12-7-3-1-4-8(10(7)11(13)14-16)15-20(17,18)9-5-2-6-19-9/h1-6,15-16H,(H2,13,14). The maximum Gasteiger partial charge on any atom is 0.271 e. The van der Waals surface area contributed by atoms with Crippen LogP contribution in [-0.4, -0.2) is 19.5 Å². The molecule has 0 aliphatic rings. The largest absolute Gasteiger partial charge is 0.409 e. The number of nitrogens with zero attached hydrogens (tertiary/aromatic N) is 1. The summed E-state index contributed by atoms with van der Waals surface area (Å²) in [4.78, 5) is 0. The third-order valence-electron chi connectivity index (χ3n) is 2.38. The van der Waals surface area contributed by atoms with Crippen molar-refractivity contribution in [3.8, 4) is 0 Å². The molecule has 0 bridgehead atoms. The first kappa shape index (κ1) is 14.3. The third-order valence-corrected chi connectivity index (χ3v) is 5.14. The van der Waals surface area contributed by atoms with Gasteiger partial charge < -0.3 is 10.9 Å². The number of halogens is 1. The van der Waals surface area contributed by atoms with Crippen LogP contribution in [0, 0.1) is 5.82 Å². The zero-order chi connectivity index (χ0) is 14.8. The quantitative estimate of drug-likeness (QED) is 0.346. The van der Waals surface area contributed by atoms with E-state index in [0.717, 1.165) is 17.4 Å². The number of sulfonamides is 1. The Labute approximate surface area is 118 Å². The minimum atomic E-state index is -3.84. The monoisotopic (exact) mass is 315 g/mol. The molecule has 0 amide bonds. The summed E-state index contributed by atoms with van der Waals surface area (Å²) in [5.41, 5.74) is 4.95. The molecule has 20 heavy (non-hydrogen) atoms. The van der Waals surface area contributed by atoms with E-state index >= 15 is 0 Å². The second-order valence-corrected chi connectivity index (χ2v) is 6.54. The van der Waals surface area contributed by atoms with Crippen molar-refractivity contribution >= 4 is 32.9 Å². The van der Waals surface area contributed by atoms with E-state index in [1.165, 1.54) is 18.2 Å². The molecule has 0 fully saturated rings. The Balaban J connectivity index is 2.48. The van der Waals surface area contributed by atoms with Gasteiger partial charge in [-0.3, -0.25) is 4.72 Å². The fraction of sp³-hybridized carbons (Fsp3) is 0. The van der Waals surface area contributed by atoms with Crippen molar-refractivity contribution < 1.29 is 18.0 Å². The number of nitrogens with one attached hydrogen (secondary N) is 1. The van der Waals surface area contributed by atoms with E-state index in [2.05, 4.69) is 9.88 Å². The van der Waals surface area contributed by atoms with Gasteiger partial charge in [-0.25, -0.2) is 12.8 Å². The fourth-order valence-electron chi connectivity index (χ4n) is 1.53. The molecule has 0 unspecified atom stereocenters. The molecule has 0 aliphatic heterocycles. The fourth-order valence-corrected chi connectivity index (χ4v) is 3.60. The van der Waals surface area contributed by atoms with Crippen molar-refractivity contribution in [1.29, 1.82) is 0 Å². The Hall–Kier alpha value is -2.13. The molecular weight excluding hydrogens is 305 g/mol. The first-order chi connectivity index (χ1) is 9.45. The number of amidine groups is 1.